The van der Waals surface area contributed by atoms with Crippen LogP contribution in [0.15, 0.2) is 6.20 Å². The lowest BCUT2D eigenvalue weighted by Gasteiger charge is -2.35. The number of hydrogen-bond acceptors (Lipinski definition) is 5. The van der Waals surface area contributed by atoms with Gasteiger partial charge >= 0.3 is 0 Å². The Morgan fingerprint density at radius 1 is 1.53 bits per heavy atom. The van der Waals surface area contributed by atoms with Crippen molar-refractivity contribution >= 4 is 11.8 Å². The number of piperidine rings is 1. The van der Waals surface area contributed by atoms with Crippen molar-refractivity contribution in [3.63, 3.8) is 0 Å². The second-order valence-electron chi connectivity index (χ2n) is 4.73. The predicted octanol–water partition coefficient (Wildman–Crippen LogP) is 1.03. The summed E-state index contributed by atoms with van der Waals surface area (Å²) in [7, 11) is 1.82. The van der Waals surface area contributed by atoms with Gasteiger partial charge in [0, 0.05) is 31.9 Å². The Hall–Kier alpha value is -1.36. The summed E-state index contributed by atoms with van der Waals surface area (Å²) in [6, 6.07) is 0. The van der Waals surface area contributed by atoms with Crippen LogP contribution in [0, 0.1) is 12.8 Å². The lowest BCUT2D eigenvalue weighted by molar-refractivity contribution is 0.0968. The largest absolute Gasteiger partial charge is 0.393 e. The molecule has 0 saturated carbocycles. The molecule has 1 aliphatic heterocycles. The Labute approximate surface area is 102 Å². The fourth-order valence-corrected chi connectivity index (χ4v) is 2.20. The van der Waals surface area contributed by atoms with Gasteiger partial charge < -0.3 is 15.3 Å². The zero-order valence-corrected chi connectivity index (χ0v) is 10.6. The molecule has 0 aromatic carbocycles. The third-order valence-corrected chi connectivity index (χ3v) is 3.33. The van der Waals surface area contributed by atoms with E-state index >= 15 is 0 Å². The molecule has 94 valence electrons. The summed E-state index contributed by atoms with van der Waals surface area (Å²) < 4.78 is 0. The van der Waals surface area contributed by atoms with Crippen molar-refractivity contribution in [1.29, 1.82) is 0 Å². The summed E-state index contributed by atoms with van der Waals surface area (Å²) in [5, 5.41) is 12.7. The fraction of sp³-hybridized carbons (Fsp3) is 0.667. The minimum atomic E-state index is -0.183. The Bertz CT molecular complexity index is 396. The second kappa shape index (κ2) is 4.87. The molecule has 2 N–H and O–H groups in total. The van der Waals surface area contributed by atoms with Gasteiger partial charge in [-0.25, -0.2) is 4.98 Å². The van der Waals surface area contributed by atoms with Crippen LogP contribution < -0.4 is 10.2 Å². The maximum Gasteiger partial charge on any atom is 0.224 e. The standard InChI is InChI=1S/C12H20N4O/c1-8-6-14-12(13-3)15-11(8)16-5-4-10(17)9(2)7-16/h6,9-10,17H,4-5,7H2,1-3H3,(H,13,14,15). The Balaban J connectivity index is 2.21. The van der Waals surface area contributed by atoms with Crippen molar-refractivity contribution in [3.8, 4) is 0 Å². The number of nitrogens with zero attached hydrogens (tertiary/aromatic N) is 3. The summed E-state index contributed by atoms with van der Waals surface area (Å²) in [4.78, 5) is 10.9. The van der Waals surface area contributed by atoms with E-state index in [9.17, 15) is 5.11 Å². The second-order valence-corrected chi connectivity index (χ2v) is 4.73. The van der Waals surface area contributed by atoms with Crippen molar-refractivity contribution in [2.45, 2.75) is 26.4 Å². The highest BCUT2D eigenvalue weighted by Crippen LogP contribution is 2.24. The molecule has 0 bridgehead atoms. The quantitative estimate of drug-likeness (QED) is 0.803. The van der Waals surface area contributed by atoms with E-state index in [0.717, 1.165) is 30.9 Å². The van der Waals surface area contributed by atoms with E-state index < -0.39 is 0 Å². The number of hydrogen-bond donors (Lipinski definition) is 2. The van der Waals surface area contributed by atoms with Crippen LogP contribution in [0.2, 0.25) is 0 Å². The monoisotopic (exact) mass is 236 g/mol. The molecule has 0 aliphatic carbocycles. The first-order chi connectivity index (χ1) is 8.11. The minimum Gasteiger partial charge on any atom is -0.393 e. The molecule has 1 aliphatic rings. The molecule has 2 unspecified atom stereocenters. The molecule has 2 heterocycles. The maximum absolute atomic E-state index is 9.74. The van der Waals surface area contributed by atoms with E-state index in [1.807, 2.05) is 20.2 Å². The minimum absolute atomic E-state index is 0.183. The van der Waals surface area contributed by atoms with Crippen molar-refractivity contribution in [1.82, 2.24) is 9.97 Å². The number of nitrogens with one attached hydrogen (secondary N) is 1. The maximum atomic E-state index is 9.74. The first-order valence-electron chi connectivity index (χ1n) is 6.06. The molecule has 17 heavy (non-hydrogen) atoms. The number of aromatic nitrogens is 2. The van der Waals surface area contributed by atoms with Crippen LogP contribution in [0.5, 0.6) is 0 Å². The molecular formula is C12H20N4O. The average molecular weight is 236 g/mol. The zero-order chi connectivity index (χ0) is 12.4. The van der Waals surface area contributed by atoms with Gasteiger partial charge in [-0.15, -0.1) is 0 Å². The highest BCUT2D eigenvalue weighted by Gasteiger charge is 2.25. The molecule has 0 radical (unpaired) electrons. The highest BCUT2D eigenvalue weighted by molar-refractivity contribution is 5.49. The van der Waals surface area contributed by atoms with Gasteiger partial charge in [-0.3, -0.25) is 0 Å². The summed E-state index contributed by atoms with van der Waals surface area (Å²) in [6.45, 7) is 5.80. The van der Waals surface area contributed by atoms with E-state index in [0.29, 0.717) is 5.95 Å². The molecule has 0 spiro atoms. The normalized spacial score (nSPS) is 24.8. The third-order valence-electron chi connectivity index (χ3n) is 3.33. The summed E-state index contributed by atoms with van der Waals surface area (Å²) >= 11 is 0. The van der Waals surface area contributed by atoms with Crippen LogP contribution in [0.4, 0.5) is 11.8 Å². The molecular weight excluding hydrogens is 216 g/mol. The molecule has 5 heteroatoms. The van der Waals surface area contributed by atoms with Gasteiger partial charge in [0.2, 0.25) is 5.95 Å². The zero-order valence-electron chi connectivity index (χ0n) is 10.6. The van der Waals surface area contributed by atoms with Gasteiger partial charge in [-0.05, 0) is 19.3 Å². The number of aryl methyl sites for hydroxylation is 1. The predicted molar refractivity (Wildman–Crippen MR) is 68.3 cm³/mol. The molecule has 0 amide bonds. The van der Waals surface area contributed by atoms with Crippen LogP contribution in [0.1, 0.15) is 18.9 Å². The Morgan fingerprint density at radius 2 is 2.29 bits per heavy atom. The Morgan fingerprint density at radius 3 is 2.94 bits per heavy atom. The lowest BCUT2D eigenvalue weighted by atomic mass is 9.96. The van der Waals surface area contributed by atoms with Crippen molar-refractivity contribution < 1.29 is 5.11 Å². The average Bonchev–Trinajstić information content (AvgIpc) is 2.33. The van der Waals surface area contributed by atoms with E-state index in [-0.39, 0.29) is 12.0 Å². The van der Waals surface area contributed by atoms with Crippen LogP contribution in [0.3, 0.4) is 0 Å². The lowest BCUT2D eigenvalue weighted by Crippen LogP contribution is -2.42. The first-order valence-corrected chi connectivity index (χ1v) is 6.06. The van der Waals surface area contributed by atoms with Crippen LogP contribution >= 0.6 is 0 Å². The molecule has 1 aromatic heterocycles. The van der Waals surface area contributed by atoms with Crippen LogP contribution in [0.25, 0.3) is 0 Å². The molecule has 1 aromatic rings. The smallest absolute Gasteiger partial charge is 0.224 e. The summed E-state index contributed by atoms with van der Waals surface area (Å²) in [6.07, 6.45) is 2.46. The van der Waals surface area contributed by atoms with Crippen molar-refractivity contribution in [2.24, 2.45) is 5.92 Å². The number of rotatable bonds is 2. The van der Waals surface area contributed by atoms with Gasteiger partial charge in [0.05, 0.1) is 6.10 Å². The van der Waals surface area contributed by atoms with Gasteiger partial charge in [-0.1, -0.05) is 6.92 Å². The summed E-state index contributed by atoms with van der Waals surface area (Å²) in [5.74, 6) is 1.91. The van der Waals surface area contributed by atoms with Crippen molar-refractivity contribution in [2.75, 3.05) is 30.4 Å². The van der Waals surface area contributed by atoms with Gasteiger partial charge in [0.1, 0.15) is 5.82 Å². The van der Waals surface area contributed by atoms with E-state index in [2.05, 4.69) is 27.1 Å². The van der Waals surface area contributed by atoms with E-state index in [1.54, 1.807) is 0 Å². The fourth-order valence-electron chi connectivity index (χ4n) is 2.20. The topological polar surface area (TPSA) is 61.3 Å². The van der Waals surface area contributed by atoms with Gasteiger partial charge in [-0.2, -0.15) is 4.98 Å². The van der Waals surface area contributed by atoms with E-state index in [4.69, 9.17) is 0 Å². The molecule has 1 saturated heterocycles. The van der Waals surface area contributed by atoms with Gasteiger partial charge in [0.25, 0.3) is 0 Å². The number of aliphatic hydroxyl groups is 1. The Kier molecular flexibility index (Phi) is 3.47. The first kappa shape index (κ1) is 12.1. The van der Waals surface area contributed by atoms with Gasteiger partial charge in [0.15, 0.2) is 0 Å². The molecule has 2 rings (SSSR count). The molecule has 2 atom stereocenters. The van der Waals surface area contributed by atoms with Crippen LogP contribution in [-0.2, 0) is 0 Å². The van der Waals surface area contributed by atoms with Crippen molar-refractivity contribution in [3.05, 3.63) is 11.8 Å². The number of aliphatic hydroxyl groups excluding tert-OH is 1. The molecule has 5 nitrogen and oxygen atoms in total. The number of anilines is 2. The summed E-state index contributed by atoms with van der Waals surface area (Å²) in [5.41, 5.74) is 1.08. The molecule has 1 fully saturated rings. The highest BCUT2D eigenvalue weighted by atomic mass is 16.3. The third kappa shape index (κ3) is 2.49. The van der Waals surface area contributed by atoms with Crippen LogP contribution in [-0.4, -0.2) is 41.3 Å². The van der Waals surface area contributed by atoms with E-state index in [1.165, 1.54) is 0 Å². The SMILES string of the molecule is CNc1ncc(C)c(N2CCC(O)C(C)C2)n1.